The Labute approximate surface area is 95.6 Å². The van der Waals surface area contributed by atoms with E-state index in [-0.39, 0.29) is 12.1 Å². The minimum atomic E-state index is 0.0250. The third kappa shape index (κ3) is 1.92. The molecule has 1 aliphatic rings. The van der Waals surface area contributed by atoms with Gasteiger partial charge < -0.3 is 14.6 Å². The van der Waals surface area contributed by atoms with E-state index in [2.05, 4.69) is 5.32 Å². The molecular formula is C12H18N2O2. The number of hydrogen-bond acceptors (Lipinski definition) is 2. The number of rotatable bonds is 2. The summed E-state index contributed by atoms with van der Waals surface area (Å²) in [5.41, 5.74) is 1.11. The predicted octanol–water partition coefficient (Wildman–Crippen LogP) is 2.37. The van der Waals surface area contributed by atoms with Gasteiger partial charge in [0, 0.05) is 18.7 Å². The second kappa shape index (κ2) is 4.20. The van der Waals surface area contributed by atoms with E-state index in [1.54, 1.807) is 0 Å². The van der Waals surface area contributed by atoms with Crippen molar-refractivity contribution in [3.8, 4) is 0 Å². The summed E-state index contributed by atoms with van der Waals surface area (Å²) in [6.45, 7) is 7.52. The highest BCUT2D eigenvalue weighted by molar-refractivity contribution is 5.75. The molecule has 1 fully saturated rings. The summed E-state index contributed by atoms with van der Waals surface area (Å²) in [6, 6.07) is 2.12. The first kappa shape index (κ1) is 11.0. The summed E-state index contributed by atoms with van der Waals surface area (Å²) in [4.78, 5) is 13.6. The van der Waals surface area contributed by atoms with Crippen LogP contribution in [0.4, 0.5) is 4.79 Å². The largest absolute Gasteiger partial charge is 0.466 e. The molecule has 4 heteroatoms. The van der Waals surface area contributed by atoms with Gasteiger partial charge in [0.2, 0.25) is 0 Å². The van der Waals surface area contributed by atoms with E-state index in [0.717, 1.165) is 36.6 Å². The van der Waals surface area contributed by atoms with Gasteiger partial charge in [-0.3, -0.25) is 0 Å². The molecule has 2 amide bonds. The fourth-order valence-corrected chi connectivity index (χ4v) is 2.25. The Morgan fingerprint density at radius 3 is 2.81 bits per heavy atom. The van der Waals surface area contributed by atoms with Gasteiger partial charge in [-0.15, -0.1) is 0 Å². The minimum Gasteiger partial charge on any atom is -0.466 e. The molecule has 0 spiro atoms. The molecule has 16 heavy (non-hydrogen) atoms. The lowest BCUT2D eigenvalue weighted by Gasteiger charge is -2.32. The van der Waals surface area contributed by atoms with E-state index in [9.17, 15) is 4.79 Å². The lowest BCUT2D eigenvalue weighted by atomic mass is 10.1. The smallest absolute Gasteiger partial charge is 0.317 e. The average molecular weight is 222 g/mol. The predicted molar refractivity (Wildman–Crippen MR) is 61.3 cm³/mol. The van der Waals surface area contributed by atoms with Crippen molar-refractivity contribution in [1.29, 1.82) is 0 Å². The summed E-state index contributed by atoms with van der Waals surface area (Å²) < 4.78 is 5.50. The highest BCUT2D eigenvalue weighted by Crippen LogP contribution is 2.27. The van der Waals surface area contributed by atoms with Gasteiger partial charge in [-0.2, -0.15) is 0 Å². The molecule has 1 atom stereocenters. The van der Waals surface area contributed by atoms with Crippen LogP contribution in [-0.4, -0.2) is 24.0 Å². The maximum absolute atomic E-state index is 11.7. The molecule has 2 heterocycles. The van der Waals surface area contributed by atoms with Gasteiger partial charge in [0.15, 0.2) is 0 Å². The van der Waals surface area contributed by atoms with E-state index in [4.69, 9.17) is 4.42 Å². The Morgan fingerprint density at radius 2 is 2.25 bits per heavy atom. The lowest BCUT2D eigenvalue weighted by Crippen LogP contribution is -2.47. The highest BCUT2D eigenvalue weighted by atomic mass is 16.3. The van der Waals surface area contributed by atoms with Gasteiger partial charge in [0.1, 0.15) is 11.5 Å². The monoisotopic (exact) mass is 222 g/mol. The fourth-order valence-electron chi connectivity index (χ4n) is 2.25. The number of furan rings is 1. The van der Waals surface area contributed by atoms with Crippen molar-refractivity contribution in [3.05, 3.63) is 23.2 Å². The Balaban J connectivity index is 2.20. The van der Waals surface area contributed by atoms with Crippen LogP contribution in [0.25, 0.3) is 0 Å². The second-order valence-corrected chi connectivity index (χ2v) is 4.32. The normalized spacial score (nSPS) is 18.4. The van der Waals surface area contributed by atoms with Gasteiger partial charge in [-0.25, -0.2) is 4.79 Å². The van der Waals surface area contributed by atoms with Crippen LogP contribution in [0.3, 0.4) is 0 Å². The molecule has 1 N–H and O–H groups in total. The summed E-state index contributed by atoms with van der Waals surface area (Å²) in [6.07, 6.45) is 1.01. The van der Waals surface area contributed by atoms with Crippen LogP contribution in [-0.2, 0) is 0 Å². The number of aryl methyl sites for hydroxylation is 2. The Kier molecular flexibility index (Phi) is 2.90. The SMILES string of the molecule is Cc1cc(C(C)N2CCCNC2=O)c(C)o1. The molecule has 1 aliphatic heterocycles. The first-order valence-corrected chi connectivity index (χ1v) is 5.71. The van der Waals surface area contributed by atoms with Gasteiger partial charge in [0.05, 0.1) is 6.04 Å². The highest BCUT2D eigenvalue weighted by Gasteiger charge is 2.26. The Bertz CT molecular complexity index is 398. The van der Waals surface area contributed by atoms with E-state index in [1.165, 1.54) is 0 Å². The maximum atomic E-state index is 11.7. The average Bonchev–Trinajstić information content (AvgIpc) is 2.58. The van der Waals surface area contributed by atoms with Crippen LogP contribution < -0.4 is 5.32 Å². The number of urea groups is 1. The van der Waals surface area contributed by atoms with Gasteiger partial charge >= 0.3 is 6.03 Å². The summed E-state index contributed by atoms with van der Waals surface area (Å²) >= 11 is 0. The number of nitrogens with zero attached hydrogens (tertiary/aromatic N) is 1. The van der Waals surface area contributed by atoms with Crippen LogP contribution >= 0.6 is 0 Å². The molecule has 0 radical (unpaired) electrons. The van der Waals surface area contributed by atoms with Crippen molar-refractivity contribution in [2.75, 3.05) is 13.1 Å². The van der Waals surface area contributed by atoms with E-state index >= 15 is 0 Å². The molecular weight excluding hydrogens is 204 g/mol. The summed E-state index contributed by atoms with van der Waals surface area (Å²) in [5, 5.41) is 2.87. The van der Waals surface area contributed by atoms with Gasteiger partial charge in [-0.05, 0) is 33.3 Å². The van der Waals surface area contributed by atoms with Crippen LogP contribution in [0, 0.1) is 13.8 Å². The molecule has 0 aromatic carbocycles. The van der Waals surface area contributed by atoms with E-state index in [1.807, 2.05) is 31.7 Å². The topological polar surface area (TPSA) is 45.5 Å². The number of hydrogen-bond donors (Lipinski definition) is 1. The number of carbonyl (C=O) groups excluding carboxylic acids is 1. The van der Waals surface area contributed by atoms with E-state index in [0.29, 0.717) is 0 Å². The molecule has 1 aromatic rings. The van der Waals surface area contributed by atoms with Gasteiger partial charge in [-0.1, -0.05) is 0 Å². The first-order chi connectivity index (χ1) is 7.59. The molecule has 1 saturated heterocycles. The molecule has 1 unspecified atom stereocenters. The molecule has 0 bridgehead atoms. The molecule has 4 nitrogen and oxygen atoms in total. The molecule has 0 saturated carbocycles. The number of carbonyl (C=O) groups is 1. The van der Waals surface area contributed by atoms with Crippen LogP contribution in [0.2, 0.25) is 0 Å². The van der Waals surface area contributed by atoms with Crippen LogP contribution in [0.15, 0.2) is 10.5 Å². The fraction of sp³-hybridized carbons (Fsp3) is 0.583. The summed E-state index contributed by atoms with van der Waals surface area (Å²) in [7, 11) is 0. The summed E-state index contributed by atoms with van der Waals surface area (Å²) in [5.74, 6) is 1.81. The van der Waals surface area contributed by atoms with Crippen molar-refractivity contribution in [2.24, 2.45) is 0 Å². The molecule has 2 rings (SSSR count). The van der Waals surface area contributed by atoms with E-state index < -0.39 is 0 Å². The third-order valence-electron chi connectivity index (χ3n) is 3.11. The maximum Gasteiger partial charge on any atom is 0.317 e. The minimum absolute atomic E-state index is 0.0250. The van der Waals surface area contributed by atoms with Crippen molar-refractivity contribution >= 4 is 6.03 Å². The Hall–Kier alpha value is -1.45. The zero-order chi connectivity index (χ0) is 11.7. The molecule has 0 aliphatic carbocycles. The van der Waals surface area contributed by atoms with Crippen molar-refractivity contribution in [2.45, 2.75) is 33.2 Å². The number of nitrogens with one attached hydrogen (secondary N) is 1. The Morgan fingerprint density at radius 1 is 1.50 bits per heavy atom. The first-order valence-electron chi connectivity index (χ1n) is 5.71. The van der Waals surface area contributed by atoms with Crippen molar-refractivity contribution in [1.82, 2.24) is 10.2 Å². The van der Waals surface area contributed by atoms with Crippen LogP contribution in [0.1, 0.15) is 36.5 Å². The molecule has 88 valence electrons. The van der Waals surface area contributed by atoms with Gasteiger partial charge in [0.25, 0.3) is 0 Å². The zero-order valence-electron chi connectivity index (χ0n) is 10.0. The van der Waals surface area contributed by atoms with Crippen LogP contribution in [0.5, 0.6) is 0 Å². The quantitative estimate of drug-likeness (QED) is 0.835. The second-order valence-electron chi connectivity index (χ2n) is 4.32. The van der Waals surface area contributed by atoms with Crippen molar-refractivity contribution in [3.63, 3.8) is 0 Å². The zero-order valence-corrected chi connectivity index (χ0v) is 10.0. The third-order valence-corrected chi connectivity index (χ3v) is 3.11. The molecule has 1 aromatic heterocycles. The number of amides is 2. The van der Waals surface area contributed by atoms with Crippen molar-refractivity contribution < 1.29 is 9.21 Å². The lowest BCUT2D eigenvalue weighted by molar-refractivity contribution is 0.166. The standard InChI is InChI=1S/C12H18N2O2/c1-8-7-11(10(3)16-8)9(2)14-6-4-5-13-12(14)15/h7,9H,4-6H2,1-3H3,(H,13,15).